The van der Waals surface area contributed by atoms with Gasteiger partial charge < -0.3 is 9.64 Å². The van der Waals surface area contributed by atoms with E-state index < -0.39 is 0 Å². The summed E-state index contributed by atoms with van der Waals surface area (Å²) in [6.45, 7) is 1.64. The number of ether oxygens (including phenoxy) is 1. The highest BCUT2D eigenvalue weighted by Gasteiger charge is 1.95. The zero-order valence-electron chi connectivity index (χ0n) is 9.07. The highest BCUT2D eigenvalue weighted by molar-refractivity contribution is 6.17. The molecule has 2 nitrogen and oxygen atoms in total. The molecule has 0 radical (unpaired) electrons. The molecule has 1 rings (SSSR count). The Morgan fingerprint density at radius 1 is 1.20 bits per heavy atom. The molecule has 1 aromatic rings. The lowest BCUT2D eigenvalue weighted by Gasteiger charge is -2.10. The average Bonchev–Trinajstić information content (AvgIpc) is 2.18. The minimum absolute atomic E-state index is 0. The van der Waals surface area contributed by atoms with Gasteiger partial charge in [-0.25, -0.2) is 0 Å². The van der Waals surface area contributed by atoms with Gasteiger partial charge in [-0.15, -0.1) is 24.0 Å². The van der Waals surface area contributed by atoms with E-state index in [1.165, 1.54) is 0 Å². The van der Waals surface area contributed by atoms with Crippen LogP contribution in [0.1, 0.15) is 5.56 Å². The molecule has 0 bridgehead atoms. The number of halogens is 2. The van der Waals surface area contributed by atoms with Crippen LogP contribution in [-0.2, 0) is 5.88 Å². The molecular formula is C11H17Cl2NO. The van der Waals surface area contributed by atoms with Crippen LogP contribution in [0.5, 0.6) is 5.75 Å². The highest BCUT2D eigenvalue weighted by atomic mass is 35.5. The van der Waals surface area contributed by atoms with Crippen molar-refractivity contribution in [3.05, 3.63) is 29.8 Å². The molecule has 0 aliphatic carbocycles. The third-order valence-corrected chi connectivity index (χ3v) is 2.19. The molecule has 86 valence electrons. The van der Waals surface area contributed by atoms with E-state index >= 15 is 0 Å². The maximum atomic E-state index is 5.68. The largest absolute Gasteiger partial charge is 0.492 e. The van der Waals surface area contributed by atoms with Crippen molar-refractivity contribution in [2.24, 2.45) is 0 Å². The summed E-state index contributed by atoms with van der Waals surface area (Å²) in [5.74, 6) is 1.46. The molecule has 0 saturated carbocycles. The van der Waals surface area contributed by atoms with E-state index in [2.05, 4.69) is 4.90 Å². The van der Waals surface area contributed by atoms with Crippen molar-refractivity contribution in [2.75, 3.05) is 27.2 Å². The fourth-order valence-corrected chi connectivity index (χ4v) is 1.20. The Bertz CT molecular complexity index is 262. The van der Waals surface area contributed by atoms with Crippen molar-refractivity contribution < 1.29 is 4.74 Å². The first-order valence-corrected chi connectivity index (χ1v) is 5.18. The van der Waals surface area contributed by atoms with E-state index in [0.29, 0.717) is 12.5 Å². The molecular weight excluding hydrogens is 233 g/mol. The van der Waals surface area contributed by atoms with Crippen molar-refractivity contribution in [1.29, 1.82) is 0 Å². The summed E-state index contributed by atoms with van der Waals surface area (Å²) in [6.07, 6.45) is 0. The number of hydrogen-bond donors (Lipinski definition) is 0. The van der Waals surface area contributed by atoms with Gasteiger partial charge in [-0.3, -0.25) is 0 Å². The molecule has 0 atom stereocenters. The molecule has 0 aromatic heterocycles. The van der Waals surface area contributed by atoms with Gasteiger partial charge in [0.2, 0.25) is 0 Å². The van der Waals surface area contributed by atoms with E-state index in [-0.39, 0.29) is 12.4 Å². The molecule has 0 heterocycles. The highest BCUT2D eigenvalue weighted by Crippen LogP contribution is 2.13. The molecule has 0 unspecified atom stereocenters. The van der Waals surface area contributed by atoms with Crippen molar-refractivity contribution in [3.63, 3.8) is 0 Å². The molecule has 0 saturated heterocycles. The lowest BCUT2D eigenvalue weighted by Crippen LogP contribution is -2.19. The van der Waals surface area contributed by atoms with Crippen LogP contribution in [-0.4, -0.2) is 32.1 Å². The predicted molar refractivity (Wildman–Crippen MR) is 67.3 cm³/mol. The van der Waals surface area contributed by atoms with Crippen LogP contribution in [0.3, 0.4) is 0 Å². The maximum absolute atomic E-state index is 5.68. The van der Waals surface area contributed by atoms with Crippen LogP contribution in [0.25, 0.3) is 0 Å². The Hall–Kier alpha value is -0.440. The van der Waals surface area contributed by atoms with E-state index in [1.54, 1.807) is 0 Å². The number of nitrogens with zero attached hydrogens (tertiary/aromatic N) is 1. The van der Waals surface area contributed by atoms with Crippen LogP contribution < -0.4 is 4.74 Å². The number of likely N-dealkylation sites (N-methyl/N-ethyl adjacent to an activating group) is 1. The fourth-order valence-electron chi connectivity index (χ4n) is 1.02. The fraction of sp³-hybridized carbons (Fsp3) is 0.455. The average molecular weight is 250 g/mol. The summed E-state index contributed by atoms with van der Waals surface area (Å²) in [7, 11) is 4.06. The second-order valence-electron chi connectivity index (χ2n) is 3.43. The topological polar surface area (TPSA) is 12.5 Å². The van der Waals surface area contributed by atoms with Crippen molar-refractivity contribution >= 4 is 24.0 Å². The van der Waals surface area contributed by atoms with Gasteiger partial charge in [-0.05, 0) is 31.8 Å². The van der Waals surface area contributed by atoms with Crippen LogP contribution >= 0.6 is 24.0 Å². The van der Waals surface area contributed by atoms with Gasteiger partial charge in [-0.1, -0.05) is 12.1 Å². The van der Waals surface area contributed by atoms with Gasteiger partial charge in [0, 0.05) is 12.4 Å². The first-order valence-electron chi connectivity index (χ1n) is 4.65. The second-order valence-corrected chi connectivity index (χ2v) is 3.70. The van der Waals surface area contributed by atoms with Gasteiger partial charge in [-0.2, -0.15) is 0 Å². The summed E-state index contributed by atoms with van der Waals surface area (Å²) in [5.41, 5.74) is 1.12. The number of hydrogen-bond acceptors (Lipinski definition) is 2. The Morgan fingerprint density at radius 2 is 1.80 bits per heavy atom. The smallest absolute Gasteiger partial charge is 0.119 e. The monoisotopic (exact) mass is 249 g/mol. The van der Waals surface area contributed by atoms with Gasteiger partial charge in [0.05, 0.1) is 0 Å². The van der Waals surface area contributed by atoms with Crippen molar-refractivity contribution in [1.82, 2.24) is 4.90 Å². The van der Waals surface area contributed by atoms with Gasteiger partial charge >= 0.3 is 0 Å². The standard InChI is InChI=1S/C11H16ClNO.ClH/c1-13(2)7-8-14-11-5-3-10(9-12)4-6-11;/h3-6H,7-9H2,1-2H3;1H. The third kappa shape index (κ3) is 5.88. The minimum Gasteiger partial charge on any atom is -0.492 e. The summed E-state index contributed by atoms with van der Waals surface area (Å²) >= 11 is 5.68. The summed E-state index contributed by atoms with van der Waals surface area (Å²) in [5, 5.41) is 0. The number of alkyl halides is 1. The Kier molecular flexibility index (Phi) is 7.57. The van der Waals surface area contributed by atoms with E-state index in [1.807, 2.05) is 38.4 Å². The van der Waals surface area contributed by atoms with E-state index in [9.17, 15) is 0 Å². The zero-order valence-corrected chi connectivity index (χ0v) is 10.6. The van der Waals surface area contributed by atoms with Gasteiger partial charge in [0.15, 0.2) is 0 Å². The van der Waals surface area contributed by atoms with Gasteiger partial charge in [0.1, 0.15) is 12.4 Å². The third-order valence-electron chi connectivity index (χ3n) is 1.88. The first-order chi connectivity index (χ1) is 6.72. The zero-order chi connectivity index (χ0) is 10.4. The van der Waals surface area contributed by atoms with E-state index in [0.717, 1.165) is 17.9 Å². The van der Waals surface area contributed by atoms with Crippen molar-refractivity contribution in [3.8, 4) is 5.75 Å². The Labute approximate surface area is 103 Å². The second kappa shape index (κ2) is 7.80. The molecule has 0 amide bonds. The maximum Gasteiger partial charge on any atom is 0.119 e. The Morgan fingerprint density at radius 3 is 2.27 bits per heavy atom. The minimum atomic E-state index is 0. The van der Waals surface area contributed by atoms with Crippen LogP contribution in [0.2, 0.25) is 0 Å². The lowest BCUT2D eigenvalue weighted by molar-refractivity contribution is 0.261. The molecule has 0 aliphatic heterocycles. The molecule has 0 N–H and O–H groups in total. The Balaban J connectivity index is 0.00000196. The van der Waals surface area contributed by atoms with E-state index in [4.69, 9.17) is 16.3 Å². The first kappa shape index (κ1) is 14.6. The normalized spacial score (nSPS) is 9.87. The molecule has 0 aliphatic rings. The van der Waals surface area contributed by atoms with Crippen molar-refractivity contribution in [2.45, 2.75) is 5.88 Å². The molecule has 0 fully saturated rings. The molecule has 4 heteroatoms. The summed E-state index contributed by atoms with van der Waals surface area (Å²) < 4.78 is 5.53. The molecule has 1 aromatic carbocycles. The quantitative estimate of drug-likeness (QED) is 0.745. The summed E-state index contributed by atoms with van der Waals surface area (Å²) in [6, 6.07) is 7.87. The number of rotatable bonds is 5. The van der Waals surface area contributed by atoms with Crippen LogP contribution in [0.15, 0.2) is 24.3 Å². The van der Waals surface area contributed by atoms with Crippen LogP contribution in [0.4, 0.5) is 0 Å². The summed E-state index contributed by atoms with van der Waals surface area (Å²) in [4.78, 5) is 2.09. The molecule has 15 heavy (non-hydrogen) atoms. The number of benzene rings is 1. The molecule has 0 spiro atoms. The lowest BCUT2D eigenvalue weighted by atomic mass is 10.2. The SMILES string of the molecule is CN(C)CCOc1ccc(CCl)cc1.Cl. The van der Waals surface area contributed by atoms with Crippen LogP contribution in [0, 0.1) is 0 Å². The predicted octanol–water partition coefficient (Wildman–Crippen LogP) is 2.79. The van der Waals surface area contributed by atoms with Gasteiger partial charge in [0.25, 0.3) is 0 Å².